The summed E-state index contributed by atoms with van der Waals surface area (Å²) in [7, 11) is 0. The molecule has 4 heteroatoms. The van der Waals surface area contributed by atoms with E-state index < -0.39 is 0 Å². The van der Waals surface area contributed by atoms with E-state index in [0.717, 1.165) is 37.2 Å². The number of amides is 1. The zero-order valence-corrected chi connectivity index (χ0v) is 11.5. The predicted octanol–water partition coefficient (Wildman–Crippen LogP) is 1.43. The summed E-state index contributed by atoms with van der Waals surface area (Å²) < 4.78 is 5.65. The molecule has 2 rings (SSSR count). The monoisotopic (exact) mass is 262 g/mol. The van der Waals surface area contributed by atoms with E-state index in [-0.39, 0.29) is 12.5 Å². The van der Waals surface area contributed by atoms with E-state index >= 15 is 0 Å². The first-order valence-electron chi connectivity index (χ1n) is 6.93. The van der Waals surface area contributed by atoms with Gasteiger partial charge in [0.1, 0.15) is 5.75 Å². The van der Waals surface area contributed by atoms with Crippen LogP contribution in [0, 0.1) is 5.92 Å². The zero-order valence-electron chi connectivity index (χ0n) is 11.5. The highest BCUT2D eigenvalue weighted by Gasteiger charge is 2.25. The van der Waals surface area contributed by atoms with Crippen LogP contribution in [0.5, 0.6) is 5.75 Å². The molecule has 4 nitrogen and oxygen atoms in total. The number of hydrogen-bond donors (Lipinski definition) is 1. The van der Waals surface area contributed by atoms with Crippen molar-refractivity contribution in [3.63, 3.8) is 0 Å². The molecule has 2 N–H and O–H groups in total. The highest BCUT2D eigenvalue weighted by Crippen LogP contribution is 2.19. The van der Waals surface area contributed by atoms with E-state index in [1.807, 2.05) is 29.2 Å². The normalized spacial score (nSPS) is 18.6. The fourth-order valence-electron chi connectivity index (χ4n) is 2.42. The number of aryl methyl sites for hydroxylation is 1. The Labute approximate surface area is 114 Å². The average Bonchev–Trinajstić information content (AvgIpc) is 2.94. The summed E-state index contributed by atoms with van der Waals surface area (Å²) in [6, 6.07) is 7.86. The molecular weight excluding hydrogens is 240 g/mol. The van der Waals surface area contributed by atoms with Gasteiger partial charge in [-0.3, -0.25) is 4.79 Å². The van der Waals surface area contributed by atoms with Crippen LogP contribution in [0.15, 0.2) is 24.3 Å². The SMILES string of the molecule is CCc1ccccc1OCC(=O)N1CC[C@@H](CN)C1. The van der Waals surface area contributed by atoms with Crippen molar-refractivity contribution in [2.75, 3.05) is 26.2 Å². The Hall–Kier alpha value is -1.55. The van der Waals surface area contributed by atoms with Gasteiger partial charge in [0.25, 0.3) is 5.91 Å². The lowest BCUT2D eigenvalue weighted by Crippen LogP contribution is -2.33. The minimum Gasteiger partial charge on any atom is -0.483 e. The standard InChI is InChI=1S/C15H22N2O2/c1-2-13-5-3-4-6-14(13)19-11-15(18)17-8-7-12(9-16)10-17/h3-6,12H,2,7-11,16H2,1H3/t12-/m0/s1. The van der Waals surface area contributed by atoms with Crippen LogP contribution < -0.4 is 10.5 Å². The van der Waals surface area contributed by atoms with Gasteiger partial charge in [-0.25, -0.2) is 0 Å². The number of para-hydroxylation sites is 1. The van der Waals surface area contributed by atoms with Gasteiger partial charge >= 0.3 is 0 Å². The number of nitrogens with two attached hydrogens (primary N) is 1. The lowest BCUT2D eigenvalue weighted by atomic mass is 10.1. The number of rotatable bonds is 5. The van der Waals surface area contributed by atoms with Crippen LogP contribution in [0.3, 0.4) is 0 Å². The molecule has 1 heterocycles. The van der Waals surface area contributed by atoms with Crippen LogP contribution in [0.25, 0.3) is 0 Å². The first-order valence-corrected chi connectivity index (χ1v) is 6.93. The van der Waals surface area contributed by atoms with Gasteiger partial charge in [0.15, 0.2) is 6.61 Å². The number of carbonyl (C=O) groups excluding carboxylic acids is 1. The molecule has 0 aliphatic carbocycles. The van der Waals surface area contributed by atoms with Crippen LogP contribution in [-0.4, -0.2) is 37.0 Å². The van der Waals surface area contributed by atoms with Crippen molar-refractivity contribution in [2.45, 2.75) is 19.8 Å². The summed E-state index contributed by atoms with van der Waals surface area (Å²) in [6.07, 6.45) is 1.91. The van der Waals surface area contributed by atoms with Gasteiger partial charge in [-0.05, 0) is 36.9 Å². The summed E-state index contributed by atoms with van der Waals surface area (Å²) >= 11 is 0. The molecule has 19 heavy (non-hydrogen) atoms. The van der Waals surface area contributed by atoms with Crippen LogP contribution in [0.2, 0.25) is 0 Å². The zero-order chi connectivity index (χ0) is 13.7. The van der Waals surface area contributed by atoms with Crippen molar-refractivity contribution >= 4 is 5.91 Å². The number of carbonyl (C=O) groups is 1. The Balaban J connectivity index is 1.87. The van der Waals surface area contributed by atoms with E-state index in [0.29, 0.717) is 12.5 Å². The smallest absolute Gasteiger partial charge is 0.260 e. The van der Waals surface area contributed by atoms with Gasteiger partial charge in [0.05, 0.1) is 0 Å². The second-order valence-electron chi connectivity index (χ2n) is 4.98. The van der Waals surface area contributed by atoms with Crippen LogP contribution >= 0.6 is 0 Å². The molecule has 1 atom stereocenters. The quantitative estimate of drug-likeness (QED) is 0.873. The first-order chi connectivity index (χ1) is 9.24. The molecule has 0 unspecified atom stereocenters. The van der Waals surface area contributed by atoms with Gasteiger partial charge in [0.2, 0.25) is 0 Å². The Bertz CT molecular complexity index is 434. The van der Waals surface area contributed by atoms with E-state index in [1.54, 1.807) is 0 Å². The second-order valence-corrected chi connectivity index (χ2v) is 4.98. The van der Waals surface area contributed by atoms with Crippen LogP contribution in [0.4, 0.5) is 0 Å². The van der Waals surface area contributed by atoms with E-state index in [4.69, 9.17) is 10.5 Å². The lowest BCUT2D eigenvalue weighted by molar-refractivity contribution is -0.132. The summed E-state index contributed by atoms with van der Waals surface area (Å²) in [5.74, 6) is 1.32. The Morgan fingerprint density at radius 3 is 2.95 bits per heavy atom. The van der Waals surface area contributed by atoms with Gasteiger partial charge in [-0.1, -0.05) is 25.1 Å². The summed E-state index contributed by atoms with van der Waals surface area (Å²) in [5, 5.41) is 0. The van der Waals surface area contributed by atoms with Crippen molar-refractivity contribution < 1.29 is 9.53 Å². The third kappa shape index (κ3) is 3.47. The maximum atomic E-state index is 12.0. The molecule has 1 aromatic carbocycles. The number of nitrogens with zero attached hydrogens (tertiary/aromatic N) is 1. The van der Waals surface area contributed by atoms with Crippen molar-refractivity contribution in [3.05, 3.63) is 29.8 Å². The van der Waals surface area contributed by atoms with E-state index in [2.05, 4.69) is 6.92 Å². The maximum Gasteiger partial charge on any atom is 0.260 e. The van der Waals surface area contributed by atoms with Gasteiger partial charge < -0.3 is 15.4 Å². The molecular formula is C15H22N2O2. The largest absolute Gasteiger partial charge is 0.483 e. The molecule has 1 aliphatic heterocycles. The fraction of sp³-hybridized carbons (Fsp3) is 0.533. The average molecular weight is 262 g/mol. The third-order valence-electron chi connectivity index (χ3n) is 3.68. The molecule has 1 fully saturated rings. The second kappa shape index (κ2) is 6.57. The topological polar surface area (TPSA) is 55.6 Å². The molecule has 0 radical (unpaired) electrons. The highest BCUT2D eigenvalue weighted by molar-refractivity contribution is 5.78. The van der Waals surface area contributed by atoms with Crippen LogP contribution in [-0.2, 0) is 11.2 Å². The van der Waals surface area contributed by atoms with Crippen molar-refractivity contribution in [1.82, 2.24) is 4.90 Å². The van der Waals surface area contributed by atoms with E-state index in [1.165, 1.54) is 0 Å². The predicted molar refractivity (Wildman–Crippen MR) is 75.1 cm³/mol. The third-order valence-corrected chi connectivity index (χ3v) is 3.68. The molecule has 1 saturated heterocycles. The molecule has 1 amide bonds. The highest BCUT2D eigenvalue weighted by atomic mass is 16.5. The lowest BCUT2D eigenvalue weighted by Gasteiger charge is -2.17. The molecule has 0 spiro atoms. The molecule has 1 aliphatic rings. The number of likely N-dealkylation sites (tertiary alicyclic amines) is 1. The van der Waals surface area contributed by atoms with Crippen molar-refractivity contribution in [3.8, 4) is 5.75 Å². The number of benzene rings is 1. The van der Waals surface area contributed by atoms with Crippen molar-refractivity contribution in [2.24, 2.45) is 11.7 Å². The summed E-state index contributed by atoms with van der Waals surface area (Å²) in [6.45, 7) is 4.43. The molecule has 0 bridgehead atoms. The number of hydrogen-bond acceptors (Lipinski definition) is 3. The molecule has 104 valence electrons. The van der Waals surface area contributed by atoms with Gasteiger partial charge in [-0.2, -0.15) is 0 Å². The fourth-order valence-corrected chi connectivity index (χ4v) is 2.42. The Morgan fingerprint density at radius 2 is 2.26 bits per heavy atom. The van der Waals surface area contributed by atoms with Gasteiger partial charge in [0, 0.05) is 13.1 Å². The molecule has 1 aromatic rings. The summed E-state index contributed by atoms with van der Waals surface area (Å²) in [4.78, 5) is 13.9. The molecule has 0 aromatic heterocycles. The first kappa shape index (κ1) is 13.9. The molecule has 0 saturated carbocycles. The minimum atomic E-state index is 0.0573. The Kier molecular flexibility index (Phi) is 4.80. The summed E-state index contributed by atoms with van der Waals surface area (Å²) in [5.41, 5.74) is 6.77. The Morgan fingerprint density at radius 1 is 1.47 bits per heavy atom. The van der Waals surface area contributed by atoms with E-state index in [9.17, 15) is 4.79 Å². The number of ether oxygens (including phenoxy) is 1. The van der Waals surface area contributed by atoms with Crippen molar-refractivity contribution in [1.29, 1.82) is 0 Å². The van der Waals surface area contributed by atoms with Gasteiger partial charge in [-0.15, -0.1) is 0 Å². The minimum absolute atomic E-state index is 0.0573. The maximum absolute atomic E-state index is 12.0. The van der Waals surface area contributed by atoms with Crippen LogP contribution in [0.1, 0.15) is 18.9 Å².